The average Bonchev–Trinajstić information content (AvgIpc) is 2.18. The predicted octanol–water partition coefficient (Wildman–Crippen LogP) is 2.17. The molecular weight excluding hydrogens is 206 g/mol. The average molecular weight is 231 g/mol. The Hall–Kier alpha value is 0.110. The maximum atomic E-state index is 10.9. The molecule has 2 nitrogen and oxygen atoms in total. The first-order chi connectivity index (χ1) is 7.09. The van der Waals surface area contributed by atoms with Gasteiger partial charge in [-0.3, -0.25) is 4.21 Å². The second-order valence-electron chi connectivity index (χ2n) is 5.05. The Labute approximate surface area is 96.7 Å². The van der Waals surface area contributed by atoms with Gasteiger partial charge in [-0.1, -0.05) is 13.8 Å². The minimum atomic E-state index is -0.625. The van der Waals surface area contributed by atoms with Gasteiger partial charge in [0.05, 0.1) is 0 Å². The summed E-state index contributed by atoms with van der Waals surface area (Å²) in [6.45, 7) is 5.76. The Morgan fingerprint density at radius 2 is 2.00 bits per heavy atom. The molecule has 0 bridgehead atoms. The molecule has 0 radical (unpaired) electrons. The molecule has 0 aromatic heterocycles. The summed E-state index contributed by atoms with van der Waals surface area (Å²) < 4.78 is 10.9. The zero-order valence-electron chi connectivity index (χ0n) is 10.3. The molecule has 0 spiro atoms. The van der Waals surface area contributed by atoms with Crippen molar-refractivity contribution in [1.29, 1.82) is 0 Å². The lowest BCUT2D eigenvalue weighted by atomic mass is 9.79. The zero-order chi connectivity index (χ0) is 11.3. The first kappa shape index (κ1) is 13.2. The molecule has 15 heavy (non-hydrogen) atoms. The molecule has 0 amide bonds. The highest BCUT2D eigenvalue weighted by atomic mass is 32.2. The third-order valence-corrected chi connectivity index (χ3v) is 4.50. The minimum Gasteiger partial charge on any atom is -0.314 e. The molecule has 1 N–H and O–H groups in total. The molecule has 1 aliphatic rings. The molecule has 90 valence electrons. The quantitative estimate of drug-likeness (QED) is 0.735. The molecule has 0 saturated heterocycles. The Balaban J connectivity index is 2.09. The molecule has 1 saturated carbocycles. The zero-order valence-corrected chi connectivity index (χ0v) is 11.1. The van der Waals surface area contributed by atoms with Crippen molar-refractivity contribution in [2.24, 2.45) is 11.8 Å². The normalized spacial score (nSPS) is 33.9. The van der Waals surface area contributed by atoms with E-state index in [2.05, 4.69) is 19.2 Å². The van der Waals surface area contributed by atoms with E-state index in [4.69, 9.17) is 0 Å². The molecule has 1 rings (SSSR count). The summed E-state index contributed by atoms with van der Waals surface area (Å²) in [5.41, 5.74) is 0. The first-order valence-corrected chi connectivity index (χ1v) is 7.85. The van der Waals surface area contributed by atoms with Gasteiger partial charge in [0.1, 0.15) is 0 Å². The van der Waals surface area contributed by atoms with Crippen LogP contribution in [0.25, 0.3) is 0 Å². The van der Waals surface area contributed by atoms with E-state index < -0.39 is 10.8 Å². The summed E-state index contributed by atoms with van der Waals surface area (Å²) in [5.74, 6) is 2.59. The summed E-state index contributed by atoms with van der Waals surface area (Å²) in [4.78, 5) is 0. The van der Waals surface area contributed by atoms with Gasteiger partial charge in [-0.15, -0.1) is 0 Å². The van der Waals surface area contributed by atoms with Gasteiger partial charge in [0, 0.05) is 28.9 Å². The van der Waals surface area contributed by atoms with Crippen molar-refractivity contribution >= 4 is 10.8 Å². The van der Waals surface area contributed by atoms with Gasteiger partial charge >= 0.3 is 0 Å². The number of nitrogens with one attached hydrogen (secondary N) is 1. The SMILES string of the molecule is C[C@@H]1CC[C@H](NCCC[S@](C)=O)C[C@H]1C. The van der Waals surface area contributed by atoms with Crippen LogP contribution in [0.2, 0.25) is 0 Å². The second-order valence-corrected chi connectivity index (χ2v) is 6.60. The Kier molecular flexibility index (Phi) is 5.83. The van der Waals surface area contributed by atoms with Crippen molar-refractivity contribution in [2.75, 3.05) is 18.6 Å². The standard InChI is InChI=1S/C12H25NOS/c1-10-5-6-12(9-11(10)2)13-7-4-8-15(3)14/h10-13H,4-9H2,1-3H3/t10-,11-,12+,15+/m1/s1. The summed E-state index contributed by atoms with van der Waals surface area (Å²) >= 11 is 0. The largest absolute Gasteiger partial charge is 0.314 e. The van der Waals surface area contributed by atoms with E-state index in [0.717, 1.165) is 30.6 Å². The fraction of sp³-hybridized carbons (Fsp3) is 1.00. The fourth-order valence-corrected chi connectivity index (χ4v) is 2.87. The first-order valence-electron chi connectivity index (χ1n) is 6.13. The van der Waals surface area contributed by atoms with Crippen LogP contribution in [0.3, 0.4) is 0 Å². The topological polar surface area (TPSA) is 29.1 Å². The maximum Gasteiger partial charge on any atom is 0.0244 e. The minimum absolute atomic E-state index is 0.625. The molecule has 4 atom stereocenters. The van der Waals surface area contributed by atoms with Crippen LogP contribution < -0.4 is 5.32 Å². The summed E-state index contributed by atoms with van der Waals surface area (Å²) in [6, 6.07) is 0.710. The molecule has 3 heteroatoms. The highest BCUT2D eigenvalue weighted by molar-refractivity contribution is 7.84. The number of hydrogen-bond donors (Lipinski definition) is 1. The Bertz CT molecular complexity index is 208. The van der Waals surface area contributed by atoms with Gasteiger partial charge < -0.3 is 5.32 Å². The summed E-state index contributed by atoms with van der Waals surface area (Å²) in [6.07, 6.45) is 6.82. The molecule has 0 aliphatic heterocycles. The van der Waals surface area contributed by atoms with Gasteiger partial charge in [-0.05, 0) is 44.1 Å². The molecular formula is C12H25NOS. The number of hydrogen-bond acceptors (Lipinski definition) is 2. The maximum absolute atomic E-state index is 10.9. The van der Waals surface area contributed by atoms with Crippen LogP contribution in [0.5, 0.6) is 0 Å². The lowest BCUT2D eigenvalue weighted by molar-refractivity contribution is 0.227. The highest BCUT2D eigenvalue weighted by Gasteiger charge is 2.23. The van der Waals surface area contributed by atoms with Crippen LogP contribution in [0.15, 0.2) is 0 Å². The van der Waals surface area contributed by atoms with Crippen molar-refractivity contribution < 1.29 is 4.21 Å². The molecule has 0 heterocycles. The molecule has 1 fully saturated rings. The van der Waals surface area contributed by atoms with E-state index in [1.54, 1.807) is 6.26 Å². The van der Waals surface area contributed by atoms with Crippen LogP contribution in [0, 0.1) is 11.8 Å². The van der Waals surface area contributed by atoms with Crippen LogP contribution >= 0.6 is 0 Å². The third-order valence-electron chi connectivity index (χ3n) is 3.64. The second kappa shape index (κ2) is 6.64. The van der Waals surface area contributed by atoms with Crippen molar-refractivity contribution in [1.82, 2.24) is 5.32 Å². The van der Waals surface area contributed by atoms with E-state index in [1.165, 1.54) is 19.3 Å². The van der Waals surface area contributed by atoms with E-state index in [9.17, 15) is 4.21 Å². The van der Waals surface area contributed by atoms with Crippen molar-refractivity contribution in [3.8, 4) is 0 Å². The van der Waals surface area contributed by atoms with Crippen molar-refractivity contribution in [3.63, 3.8) is 0 Å². The molecule has 0 aromatic carbocycles. The van der Waals surface area contributed by atoms with Crippen LogP contribution in [-0.4, -0.2) is 28.8 Å². The van der Waals surface area contributed by atoms with Gasteiger partial charge in [-0.2, -0.15) is 0 Å². The Morgan fingerprint density at radius 3 is 2.60 bits per heavy atom. The Morgan fingerprint density at radius 1 is 1.27 bits per heavy atom. The molecule has 1 aliphatic carbocycles. The fourth-order valence-electron chi connectivity index (χ4n) is 2.31. The van der Waals surface area contributed by atoms with E-state index in [0.29, 0.717) is 6.04 Å². The summed E-state index contributed by atoms with van der Waals surface area (Å²) in [7, 11) is -0.625. The van der Waals surface area contributed by atoms with Crippen molar-refractivity contribution in [2.45, 2.75) is 45.6 Å². The molecule has 0 unspecified atom stereocenters. The van der Waals surface area contributed by atoms with Gasteiger partial charge in [0.25, 0.3) is 0 Å². The highest BCUT2D eigenvalue weighted by Crippen LogP contribution is 2.29. The third kappa shape index (κ3) is 5.12. The smallest absolute Gasteiger partial charge is 0.0244 e. The predicted molar refractivity (Wildman–Crippen MR) is 67.5 cm³/mol. The van der Waals surface area contributed by atoms with E-state index in [-0.39, 0.29) is 0 Å². The monoisotopic (exact) mass is 231 g/mol. The van der Waals surface area contributed by atoms with Crippen LogP contribution in [0.1, 0.15) is 39.5 Å². The summed E-state index contributed by atoms with van der Waals surface area (Å²) in [5, 5.41) is 3.59. The number of rotatable bonds is 5. The van der Waals surface area contributed by atoms with Crippen LogP contribution in [0.4, 0.5) is 0 Å². The van der Waals surface area contributed by atoms with Crippen LogP contribution in [-0.2, 0) is 10.8 Å². The van der Waals surface area contributed by atoms with Gasteiger partial charge in [-0.25, -0.2) is 0 Å². The molecule has 0 aromatic rings. The van der Waals surface area contributed by atoms with E-state index in [1.807, 2.05) is 0 Å². The van der Waals surface area contributed by atoms with Gasteiger partial charge in [0.15, 0.2) is 0 Å². The lowest BCUT2D eigenvalue weighted by Gasteiger charge is -2.32. The van der Waals surface area contributed by atoms with E-state index >= 15 is 0 Å². The lowest BCUT2D eigenvalue weighted by Crippen LogP contribution is -2.36. The van der Waals surface area contributed by atoms with Gasteiger partial charge in [0.2, 0.25) is 0 Å². The van der Waals surface area contributed by atoms with Crippen molar-refractivity contribution in [3.05, 3.63) is 0 Å².